The minimum Gasteiger partial charge on any atom is -0.341 e. The Morgan fingerprint density at radius 3 is 2.41 bits per heavy atom. The van der Waals surface area contributed by atoms with Gasteiger partial charge in [0.2, 0.25) is 5.91 Å². The molecule has 2 aliphatic heterocycles. The van der Waals surface area contributed by atoms with Gasteiger partial charge in [0.15, 0.2) is 0 Å². The predicted molar refractivity (Wildman–Crippen MR) is 69.8 cm³/mol. The van der Waals surface area contributed by atoms with E-state index in [0.717, 1.165) is 37.9 Å². The fourth-order valence-electron chi connectivity index (χ4n) is 3.07. The van der Waals surface area contributed by atoms with Crippen molar-refractivity contribution in [2.75, 3.05) is 19.6 Å². The molecule has 2 heterocycles. The molecule has 1 N–H and O–H groups in total. The molecule has 0 saturated carbocycles. The lowest BCUT2D eigenvalue weighted by Crippen LogP contribution is -2.51. The van der Waals surface area contributed by atoms with Crippen molar-refractivity contribution in [3.05, 3.63) is 0 Å². The van der Waals surface area contributed by atoms with Gasteiger partial charge in [0.05, 0.1) is 6.04 Å². The molecular weight excluding hydrogens is 212 g/mol. The van der Waals surface area contributed by atoms with E-state index in [1.54, 1.807) is 0 Å². The van der Waals surface area contributed by atoms with Crippen LogP contribution < -0.4 is 5.32 Å². The zero-order chi connectivity index (χ0) is 12.3. The van der Waals surface area contributed by atoms with Gasteiger partial charge >= 0.3 is 0 Å². The second-order valence-electron chi connectivity index (χ2n) is 5.91. The third-order valence-electron chi connectivity index (χ3n) is 4.40. The van der Waals surface area contributed by atoms with Crippen LogP contribution >= 0.6 is 0 Å². The Hall–Kier alpha value is -0.570. The van der Waals surface area contributed by atoms with Gasteiger partial charge in [0, 0.05) is 13.1 Å². The number of carbonyl (C=O) groups is 1. The Morgan fingerprint density at radius 1 is 1.18 bits per heavy atom. The summed E-state index contributed by atoms with van der Waals surface area (Å²) in [7, 11) is 0. The van der Waals surface area contributed by atoms with Gasteiger partial charge in [-0.3, -0.25) is 4.79 Å². The lowest BCUT2D eigenvalue weighted by Gasteiger charge is -2.36. The number of likely N-dealkylation sites (tertiary alicyclic amines) is 1. The molecule has 2 fully saturated rings. The molecule has 1 atom stereocenters. The van der Waals surface area contributed by atoms with Crippen LogP contribution in [0.25, 0.3) is 0 Å². The first-order valence-electron chi connectivity index (χ1n) is 7.20. The molecule has 0 bridgehead atoms. The summed E-state index contributed by atoms with van der Waals surface area (Å²) in [6, 6.07) is 0.111. The average molecular weight is 238 g/mol. The highest BCUT2D eigenvalue weighted by Crippen LogP contribution is 2.25. The molecule has 0 aromatic carbocycles. The highest BCUT2D eigenvalue weighted by atomic mass is 16.2. The fraction of sp³-hybridized carbons (Fsp3) is 0.929. The van der Waals surface area contributed by atoms with Gasteiger partial charge in [-0.25, -0.2) is 0 Å². The van der Waals surface area contributed by atoms with Crippen molar-refractivity contribution in [1.82, 2.24) is 10.2 Å². The molecule has 3 heteroatoms. The van der Waals surface area contributed by atoms with Crippen molar-refractivity contribution < 1.29 is 4.79 Å². The number of nitrogens with one attached hydrogen (secondary N) is 1. The largest absolute Gasteiger partial charge is 0.341 e. The monoisotopic (exact) mass is 238 g/mol. The number of rotatable bonds is 2. The second kappa shape index (κ2) is 5.85. The maximum absolute atomic E-state index is 12.3. The molecule has 1 amide bonds. The highest BCUT2D eigenvalue weighted by molar-refractivity contribution is 5.82. The van der Waals surface area contributed by atoms with Crippen molar-refractivity contribution in [2.24, 2.45) is 11.8 Å². The quantitative estimate of drug-likeness (QED) is 0.798. The van der Waals surface area contributed by atoms with Gasteiger partial charge in [0.25, 0.3) is 0 Å². The van der Waals surface area contributed by atoms with Crippen LogP contribution in [0.15, 0.2) is 0 Å². The van der Waals surface area contributed by atoms with Gasteiger partial charge in [-0.05, 0) is 44.1 Å². The van der Waals surface area contributed by atoms with Gasteiger partial charge in [-0.15, -0.1) is 0 Å². The Kier molecular flexibility index (Phi) is 4.43. The smallest absolute Gasteiger partial charge is 0.239 e. The van der Waals surface area contributed by atoms with Gasteiger partial charge in [0.1, 0.15) is 0 Å². The van der Waals surface area contributed by atoms with E-state index in [2.05, 4.69) is 24.1 Å². The first kappa shape index (κ1) is 12.9. The topological polar surface area (TPSA) is 32.3 Å². The Labute approximate surface area is 105 Å². The first-order valence-corrected chi connectivity index (χ1v) is 7.20. The van der Waals surface area contributed by atoms with E-state index in [4.69, 9.17) is 0 Å². The molecule has 2 saturated heterocycles. The maximum atomic E-state index is 12.3. The van der Waals surface area contributed by atoms with E-state index in [0.29, 0.717) is 5.91 Å². The van der Waals surface area contributed by atoms with E-state index in [1.165, 1.54) is 25.7 Å². The number of amides is 1. The van der Waals surface area contributed by atoms with E-state index in [9.17, 15) is 4.79 Å². The lowest BCUT2D eigenvalue weighted by molar-refractivity contribution is -0.135. The highest BCUT2D eigenvalue weighted by Gasteiger charge is 2.29. The summed E-state index contributed by atoms with van der Waals surface area (Å²) in [5, 5.41) is 3.36. The zero-order valence-electron chi connectivity index (χ0n) is 11.2. The number of piperidine rings is 2. The molecule has 0 radical (unpaired) electrons. The summed E-state index contributed by atoms with van der Waals surface area (Å²) < 4.78 is 0. The molecule has 2 rings (SSSR count). The summed E-state index contributed by atoms with van der Waals surface area (Å²) in [6.45, 7) is 7.55. The van der Waals surface area contributed by atoms with Gasteiger partial charge in [-0.2, -0.15) is 0 Å². The molecule has 3 nitrogen and oxygen atoms in total. The van der Waals surface area contributed by atoms with Crippen LogP contribution in [0, 0.1) is 11.8 Å². The van der Waals surface area contributed by atoms with E-state index in [1.807, 2.05) is 0 Å². The number of hydrogen-bond acceptors (Lipinski definition) is 2. The Morgan fingerprint density at radius 2 is 1.88 bits per heavy atom. The SMILES string of the molecule is CC(C)C1CCN(C(=O)C2CCCCN2)CC1. The van der Waals surface area contributed by atoms with E-state index in [-0.39, 0.29) is 6.04 Å². The van der Waals surface area contributed by atoms with Crippen molar-refractivity contribution in [2.45, 2.75) is 52.0 Å². The standard InChI is InChI=1S/C14H26N2O/c1-11(2)12-6-9-16(10-7-12)14(17)13-5-3-4-8-15-13/h11-13,15H,3-10H2,1-2H3. The van der Waals surface area contributed by atoms with E-state index >= 15 is 0 Å². The summed E-state index contributed by atoms with van der Waals surface area (Å²) in [6.07, 6.45) is 5.83. The first-order chi connectivity index (χ1) is 8.18. The predicted octanol–water partition coefficient (Wildman–Crippen LogP) is 2.02. The zero-order valence-corrected chi connectivity index (χ0v) is 11.2. The Balaban J connectivity index is 1.81. The third-order valence-corrected chi connectivity index (χ3v) is 4.40. The molecule has 0 aliphatic carbocycles. The molecule has 0 aromatic heterocycles. The van der Waals surface area contributed by atoms with Gasteiger partial charge < -0.3 is 10.2 Å². The van der Waals surface area contributed by atoms with Gasteiger partial charge in [-0.1, -0.05) is 20.3 Å². The van der Waals surface area contributed by atoms with Crippen LogP contribution in [0.1, 0.15) is 46.0 Å². The van der Waals surface area contributed by atoms with Crippen molar-refractivity contribution >= 4 is 5.91 Å². The maximum Gasteiger partial charge on any atom is 0.239 e. The minimum absolute atomic E-state index is 0.111. The lowest BCUT2D eigenvalue weighted by atomic mass is 9.86. The summed E-state index contributed by atoms with van der Waals surface area (Å²) >= 11 is 0. The van der Waals surface area contributed by atoms with Crippen LogP contribution in [-0.2, 0) is 4.79 Å². The number of nitrogens with zero attached hydrogens (tertiary/aromatic N) is 1. The van der Waals surface area contributed by atoms with E-state index < -0.39 is 0 Å². The number of carbonyl (C=O) groups excluding carboxylic acids is 1. The van der Waals surface area contributed by atoms with Crippen LogP contribution in [-0.4, -0.2) is 36.5 Å². The van der Waals surface area contributed by atoms with Crippen LogP contribution in [0.4, 0.5) is 0 Å². The fourth-order valence-corrected chi connectivity index (χ4v) is 3.07. The molecule has 0 spiro atoms. The molecule has 0 aromatic rings. The second-order valence-corrected chi connectivity index (χ2v) is 5.91. The van der Waals surface area contributed by atoms with Crippen molar-refractivity contribution in [3.63, 3.8) is 0 Å². The Bertz CT molecular complexity index is 251. The molecule has 2 aliphatic rings. The molecule has 17 heavy (non-hydrogen) atoms. The minimum atomic E-state index is 0.111. The molecular formula is C14H26N2O. The van der Waals surface area contributed by atoms with Crippen LogP contribution in [0.5, 0.6) is 0 Å². The third kappa shape index (κ3) is 3.21. The summed E-state index contributed by atoms with van der Waals surface area (Å²) in [5.41, 5.74) is 0. The summed E-state index contributed by atoms with van der Waals surface area (Å²) in [5.74, 6) is 1.94. The van der Waals surface area contributed by atoms with Crippen molar-refractivity contribution in [3.8, 4) is 0 Å². The number of hydrogen-bond donors (Lipinski definition) is 1. The molecule has 98 valence electrons. The van der Waals surface area contributed by atoms with Crippen LogP contribution in [0.3, 0.4) is 0 Å². The van der Waals surface area contributed by atoms with Crippen LogP contribution in [0.2, 0.25) is 0 Å². The van der Waals surface area contributed by atoms with Crippen molar-refractivity contribution in [1.29, 1.82) is 0 Å². The average Bonchev–Trinajstić information content (AvgIpc) is 2.39. The molecule has 1 unspecified atom stereocenters. The normalized spacial score (nSPS) is 27.5. The summed E-state index contributed by atoms with van der Waals surface area (Å²) in [4.78, 5) is 14.4.